The van der Waals surface area contributed by atoms with Gasteiger partial charge in [-0.1, -0.05) is 20.8 Å². The summed E-state index contributed by atoms with van der Waals surface area (Å²) >= 11 is 0. The predicted molar refractivity (Wildman–Crippen MR) is 130 cm³/mol. The predicted octanol–water partition coefficient (Wildman–Crippen LogP) is 3.98. The zero-order valence-electron chi connectivity index (χ0n) is 20.9. The summed E-state index contributed by atoms with van der Waals surface area (Å²) in [4.78, 5) is 36.9. The summed E-state index contributed by atoms with van der Waals surface area (Å²) in [5.74, 6) is -0.414. The Hall–Kier alpha value is -2.50. The second kappa shape index (κ2) is 11.3. The van der Waals surface area contributed by atoms with Gasteiger partial charge in [0.05, 0.1) is 30.1 Å². The van der Waals surface area contributed by atoms with Crippen LogP contribution in [-0.2, 0) is 25.3 Å². The number of likely N-dealkylation sites (tertiary alicyclic amines) is 1. The van der Waals surface area contributed by atoms with Crippen molar-refractivity contribution in [1.82, 2.24) is 4.90 Å². The maximum atomic E-state index is 13.0. The zero-order valence-corrected chi connectivity index (χ0v) is 21.9. The molecular formula is C23H37N3O7Si. The quantitative estimate of drug-likeness (QED) is 0.235. The molecule has 1 aromatic carbocycles. The molecule has 0 aliphatic carbocycles. The molecule has 1 aliphatic heterocycles. The largest absolute Gasteiger partial charge is 0.466 e. The number of ether oxygens (including phenoxy) is 2. The molecule has 1 aliphatic rings. The normalized spacial score (nSPS) is 19.6. The Morgan fingerprint density at radius 2 is 1.85 bits per heavy atom. The Kier molecular flexibility index (Phi) is 9.20. The van der Waals surface area contributed by atoms with Crippen LogP contribution in [0.3, 0.4) is 0 Å². The van der Waals surface area contributed by atoms with Gasteiger partial charge in [-0.3, -0.25) is 14.9 Å². The van der Waals surface area contributed by atoms with E-state index in [1.165, 1.54) is 17.0 Å². The topological polar surface area (TPSA) is 134 Å². The third-order valence-electron chi connectivity index (χ3n) is 6.52. The fraction of sp³-hybridized carbons (Fsp3) is 0.652. The van der Waals surface area contributed by atoms with Crippen LogP contribution in [0.5, 0.6) is 0 Å². The molecule has 0 saturated carbocycles. The van der Waals surface area contributed by atoms with Crippen molar-refractivity contribution >= 4 is 26.1 Å². The first-order chi connectivity index (χ1) is 15.7. The summed E-state index contributed by atoms with van der Waals surface area (Å²) < 4.78 is 17.0. The van der Waals surface area contributed by atoms with E-state index in [9.17, 15) is 19.7 Å². The van der Waals surface area contributed by atoms with Crippen LogP contribution in [0.15, 0.2) is 24.3 Å². The third kappa shape index (κ3) is 7.25. The molecule has 0 spiro atoms. The number of benzene rings is 1. The first kappa shape index (κ1) is 27.7. The lowest BCUT2D eigenvalue weighted by atomic mass is 10.0. The van der Waals surface area contributed by atoms with Gasteiger partial charge >= 0.3 is 12.1 Å². The van der Waals surface area contributed by atoms with E-state index in [-0.39, 0.29) is 36.5 Å². The van der Waals surface area contributed by atoms with Gasteiger partial charge in [0.15, 0.2) is 8.32 Å². The van der Waals surface area contributed by atoms with Crippen LogP contribution in [0.4, 0.5) is 10.5 Å². The van der Waals surface area contributed by atoms with Crippen LogP contribution in [0.25, 0.3) is 0 Å². The van der Waals surface area contributed by atoms with E-state index in [0.29, 0.717) is 18.5 Å². The lowest BCUT2D eigenvalue weighted by Gasteiger charge is -2.38. The van der Waals surface area contributed by atoms with Gasteiger partial charge in [-0.05, 0) is 49.2 Å². The van der Waals surface area contributed by atoms with Gasteiger partial charge in [0.1, 0.15) is 6.61 Å². The number of hydrogen-bond donors (Lipinski definition) is 1. The molecule has 1 amide bonds. The molecule has 2 rings (SSSR count). The van der Waals surface area contributed by atoms with E-state index in [1.807, 2.05) is 0 Å². The van der Waals surface area contributed by atoms with E-state index in [4.69, 9.17) is 19.6 Å². The monoisotopic (exact) mass is 495 g/mol. The van der Waals surface area contributed by atoms with Gasteiger partial charge < -0.3 is 24.5 Å². The summed E-state index contributed by atoms with van der Waals surface area (Å²) in [6, 6.07) is 4.74. The second-order valence-electron chi connectivity index (χ2n) is 10.1. The number of rotatable bonds is 9. The third-order valence-corrected chi connectivity index (χ3v) is 11.1. The number of nitro groups is 1. The molecule has 0 bridgehead atoms. The van der Waals surface area contributed by atoms with Crippen molar-refractivity contribution in [2.75, 3.05) is 13.2 Å². The van der Waals surface area contributed by atoms with E-state index in [2.05, 4.69) is 33.9 Å². The summed E-state index contributed by atoms with van der Waals surface area (Å²) in [5, 5.41) is 10.8. The molecule has 190 valence electrons. The highest BCUT2D eigenvalue weighted by atomic mass is 28.4. The van der Waals surface area contributed by atoms with E-state index in [1.54, 1.807) is 19.1 Å². The first-order valence-corrected chi connectivity index (χ1v) is 14.4. The number of carbonyl (C=O) groups is 2. The van der Waals surface area contributed by atoms with Crippen molar-refractivity contribution < 1.29 is 28.4 Å². The Labute approximate surface area is 202 Å². The van der Waals surface area contributed by atoms with Crippen LogP contribution in [-0.4, -0.2) is 61.5 Å². The minimum absolute atomic E-state index is 0.000601. The Morgan fingerprint density at radius 1 is 1.24 bits per heavy atom. The van der Waals surface area contributed by atoms with Crippen molar-refractivity contribution in [2.24, 2.45) is 5.73 Å². The van der Waals surface area contributed by atoms with Gasteiger partial charge in [0.2, 0.25) is 0 Å². The number of carbonyl (C=O) groups excluding carboxylic acids is 2. The minimum Gasteiger partial charge on any atom is -0.466 e. The molecule has 1 unspecified atom stereocenters. The van der Waals surface area contributed by atoms with Crippen LogP contribution < -0.4 is 5.73 Å². The van der Waals surface area contributed by atoms with Gasteiger partial charge in [-0.15, -0.1) is 0 Å². The minimum atomic E-state index is -2.10. The number of non-ortho nitro benzene ring substituents is 1. The SMILES string of the molecule is CCOC(=O)CC(N)[C@@H]1C[C@@H](O[Si](C)(C)C(C)(C)C)CN1C(=O)OCc1ccc([N+](=O)[O-])cc1. The average Bonchev–Trinajstić information content (AvgIpc) is 3.15. The molecule has 2 N–H and O–H groups in total. The van der Waals surface area contributed by atoms with E-state index < -0.39 is 37.4 Å². The molecule has 1 aromatic rings. The van der Waals surface area contributed by atoms with Gasteiger partial charge in [-0.2, -0.15) is 0 Å². The fourth-order valence-electron chi connectivity index (χ4n) is 3.61. The van der Waals surface area contributed by atoms with Crippen LogP contribution in [0, 0.1) is 10.1 Å². The summed E-state index contributed by atoms with van der Waals surface area (Å²) in [6.07, 6.45) is -0.299. The zero-order chi connectivity index (χ0) is 25.7. The van der Waals surface area contributed by atoms with Crippen molar-refractivity contribution in [3.8, 4) is 0 Å². The Bertz CT molecular complexity index is 870. The number of nitrogens with zero attached hydrogens (tertiary/aromatic N) is 2. The highest BCUT2D eigenvalue weighted by molar-refractivity contribution is 6.74. The van der Waals surface area contributed by atoms with Crippen molar-refractivity contribution in [2.45, 2.75) is 83.5 Å². The number of nitrogens with two attached hydrogens (primary N) is 1. The number of amides is 1. The van der Waals surface area contributed by atoms with E-state index in [0.717, 1.165) is 0 Å². The van der Waals surface area contributed by atoms with Gasteiger partial charge in [0, 0.05) is 24.7 Å². The standard InChI is InChI=1S/C23H37N3O7Si/c1-7-31-21(27)13-19(24)20-12-18(33-34(5,6)23(2,3)4)14-25(20)22(28)32-15-16-8-10-17(11-9-16)26(29)30/h8-11,18-20H,7,12-15,24H2,1-6H3/t18-,19?,20+/m1/s1. The molecule has 0 aromatic heterocycles. The highest BCUT2D eigenvalue weighted by Gasteiger charge is 2.45. The maximum absolute atomic E-state index is 13.0. The second-order valence-corrected chi connectivity index (χ2v) is 14.9. The smallest absolute Gasteiger partial charge is 0.410 e. The van der Waals surface area contributed by atoms with Crippen molar-refractivity contribution in [3.05, 3.63) is 39.9 Å². The number of hydrogen-bond acceptors (Lipinski definition) is 8. The Balaban J connectivity index is 2.12. The molecule has 1 heterocycles. The molecule has 34 heavy (non-hydrogen) atoms. The van der Waals surface area contributed by atoms with Crippen LogP contribution in [0.2, 0.25) is 18.1 Å². The summed E-state index contributed by atoms with van der Waals surface area (Å²) in [7, 11) is -2.10. The molecular weight excluding hydrogens is 458 g/mol. The molecule has 3 atom stereocenters. The van der Waals surface area contributed by atoms with Crippen molar-refractivity contribution in [1.29, 1.82) is 0 Å². The fourth-order valence-corrected chi connectivity index (χ4v) is 4.97. The lowest BCUT2D eigenvalue weighted by molar-refractivity contribution is -0.384. The number of esters is 1. The summed E-state index contributed by atoms with van der Waals surface area (Å²) in [6.45, 7) is 13.0. The van der Waals surface area contributed by atoms with E-state index >= 15 is 0 Å². The highest BCUT2D eigenvalue weighted by Crippen LogP contribution is 2.39. The van der Waals surface area contributed by atoms with Gasteiger partial charge in [0.25, 0.3) is 5.69 Å². The Morgan fingerprint density at radius 3 is 2.38 bits per heavy atom. The molecule has 1 saturated heterocycles. The molecule has 1 fully saturated rings. The number of nitro benzene ring substituents is 1. The lowest BCUT2D eigenvalue weighted by Crippen LogP contribution is -2.48. The molecule has 10 nitrogen and oxygen atoms in total. The average molecular weight is 496 g/mol. The maximum Gasteiger partial charge on any atom is 0.410 e. The van der Waals surface area contributed by atoms with Crippen LogP contribution >= 0.6 is 0 Å². The first-order valence-electron chi connectivity index (χ1n) is 11.5. The molecule has 11 heteroatoms. The van der Waals surface area contributed by atoms with Crippen molar-refractivity contribution in [3.63, 3.8) is 0 Å². The van der Waals surface area contributed by atoms with Gasteiger partial charge in [-0.25, -0.2) is 4.79 Å². The molecule has 0 radical (unpaired) electrons. The summed E-state index contributed by atoms with van der Waals surface area (Å²) in [5.41, 5.74) is 6.93. The van der Waals surface area contributed by atoms with Crippen LogP contribution in [0.1, 0.15) is 46.1 Å².